The number of aromatic hydroxyl groups is 1. The number of halogens is 1. The lowest BCUT2D eigenvalue weighted by molar-refractivity contribution is 0.0941. The van der Waals surface area contributed by atoms with Crippen molar-refractivity contribution in [1.82, 2.24) is 15.6 Å². The maximum Gasteiger partial charge on any atom is 0.273 e. The first-order valence-corrected chi connectivity index (χ1v) is 6.99. The molecule has 3 N–H and O–H groups in total. The summed E-state index contributed by atoms with van der Waals surface area (Å²) in [7, 11) is 0. The van der Waals surface area contributed by atoms with Crippen LogP contribution in [0.15, 0.2) is 42.6 Å². The van der Waals surface area contributed by atoms with Crippen molar-refractivity contribution in [1.29, 1.82) is 0 Å². The molecule has 22 heavy (non-hydrogen) atoms. The Morgan fingerprint density at radius 3 is 2.95 bits per heavy atom. The van der Waals surface area contributed by atoms with E-state index in [1.54, 1.807) is 6.07 Å². The Bertz CT molecular complexity index is 663. The highest BCUT2D eigenvalue weighted by molar-refractivity contribution is 5.94. The Hall–Kier alpha value is -2.11. The maximum absolute atomic E-state index is 12.1. The molecule has 116 valence electrons. The molecular formula is C16H18ClN3O2. The highest BCUT2D eigenvalue weighted by atomic mass is 35.5. The van der Waals surface area contributed by atoms with Gasteiger partial charge in [0.05, 0.1) is 0 Å². The normalized spacial score (nSPS) is 16.3. The molecule has 6 heteroatoms. The first-order valence-electron chi connectivity index (χ1n) is 6.99. The molecule has 1 unspecified atom stereocenters. The topological polar surface area (TPSA) is 74.2 Å². The average molecular weight is 320 g/mol. The molecule has 1 amide bonds. The zero-order chi connectivity index (χ0) is 14.7. The number of benzene rings is 1. The Labute approximate surface area is 135 Å². The summed E-state index contributed by atoms with van der Waals surface area (Å²) < 4.78 is 0. The second-order valence-corrected chi connectivity index (χ2v) is 5.04. The van der Waals surface area contributed by atoms with Crippen LogP contribution in [0.4, 0.5) is 0 Å². The molecule has 1 aliphatic heterocycles. The highest BCUT2D eigenvalue weighted by Crippen LogP contribution is 2.22. The van der Waals surface area contributed by atoms with Gasteiger partial charge in [-0.1, -0.05) is 24.3 Å². The largest absolute Gasteiger partial charge is 0.505 e. The summed E-state index contributed by atoms with van der Waals surface area (Å²) in [5.41, 5.74) is 2.59. The van der Waals surface area contributed by atoms with Crippen molar-refractivity contribution in [3.63, 3.8) is 0 Å². The van der Waals surface area contributed by atoms with E-state index in [4.69, 9.17) is 0 Å². The Morgan fingerprint density at radius 1 is 1.32 bits per heavy atom. The van der Waals surface area contributed by atoms with Gasteiger partial charge >= 0.3 is 0 Å². The SMILES string of the molecule is Cl.O=C(NCC1NCCc2ccccc21)c1ncccc1O. The van der Waals surface area contributed by atoms with E-state index in [0.717, 1.165) is 13.0 Å². The monoisotopic (exact) mass is 319 g/mol. The standard InChI is InChI=1S/C16H17N3O2.ClH/c20-14-6-3-8-18-15(14)16(21)19-10-13-12-5-2-1-4-11(12)7-9-17-13;/h1-6,8,13,17,20H,7,9-10H2,(H,19,21);1H. The van der Waals surface area contributed by atoms with E-state index in [1.165, 1.54) is 23.4 Å². The van der Waals surface area contributed by atoms with Gasteiger partial charge < -0.3 is 15.7 Å². The van der Waals surface area contributed by atoms with Gasteiger partial charge in [-0.15, -0.1) is 12.4 Å². The van der Waals surface area contributed by atoms with Crippen LogP contribution in [0.1, 0.15) is 27.7 Å². The maximum atomic E-state index is 12.1. The van der Waals surface area contributed by atoms with Crippen LogP contribution >= 0.6 is 12.4 Å². The molecule has 1 atom stereocenters. The smallest absolute Gasteiger partial charge is 0.273 e. The molecule has 0 fully saturated rings. The number of rotatable bonds is 3. The third-order valence-electron chi connectivity index (χ3n) is 3.68. The molecule has 0 spiro atoms. The summed E-state index contributed by atoms with van der Waals surface area (Å²) in [5, 5.41) is 15.9. The minimum Gasteiger partial charge on any atom is -0.505 e. The summed E-state index contributed by atoms with van der Waals surface area (Å²) in [4.78, 5) is 16.0. The van der Waals surface area contributed by atoms with Crippen molar-refractivity contribution in [3.05, 3.63) is 59.4 Å². The second-order valence-electron chi connectivity index (χ2n) is 5.04. The van der Waals surface area contributed by atoms with E-state index in [2.05, 4.69) is 27.8 Å². The average Bonchev–Trinajstić information content (AvgIpc) is 2.53. The van der Waals surface area contributed by atoms with Crippen LogP contribution in [0.25, 0.3) is 0 Å². The fraction of sp³-hybridized carbons (Fsp3) is 0.250. The Morgan fingerprint density at radius 2 is 2.14 bits per heavy atom. The predicted molar refractivity (Wildman–Crippen MR) is 86.4 cm³/mol. The summed E-state index contributed by atoms with van der Waals surface area (Å²) in [5.74, 6) is -0.468. The van der Waals surface area contributed by atoms with Crippen LogP contribution in [-0.4, -0.2) is 29.1 Å². The van der Waals surface area contributed by atoms with Crippen molar-refractivity contribution in [2.75, 3.05) is 13.1 Å². The summed E-state index contributed by atoms with van der Waals surface area (Å²) >= 11 is 0. The molecule has 1 aliphatic rings. The first kappa shape index (κ1) is 16.3. The van der Waals surface area contributed by atoms with Crippen LogP contribution < -0.4 is 10.6 Å². The quantitative estimate of drug-likeness (QED) is 0.807. The predicted octanol–water partition coefficient (Wildman–Crippen LogP) is 1.83. The third kappa shape index (κ3) is 3.37. The van der Waals surface area contributed by atoms with Crippen LogP contribution in [0.2, 0.25) is 0 Å². The van der Waals surface area contributed by atoms with Crippen LogP contribution in [0, 0.1) is 0 Å². The van der Waals surface area contributed by atoms with E-state index in [0.29, 0.717) is 6.54 Å². The number of nitrogens with one attached hydrogen (secondary N) is 2. The number of fused-ring (bicyclic) bond motifs is 1. The molecule has 1 aromatic heterocycles. The lowest BCUT2D eigenvalue weighted by Gasteiger charge is -2.27. The van der Waals surface area contributed by atoms with Gasteiger partial charge in [0.2, 0.25) is 0 Å². The van der Waals surface area contributed by atoms with Gasteiger partial charge in [-0.2, -0.15) is 0 Å². The number of carbonyl (C=O) groups excluding carboxylic acids is 1. The van der Waals surface area contributed by atoms with Crippen molar-refractivity contribution < 1.29 is 9.90 Å². The van der Waals surface area contributed by atoms with Crippen LogP contribution in [0.5, 0.6) is 5.75 Å². The zero-order valence-corrected chi connectivity index (χ0v) is 12.8. The number of hydrogen-bond acceptors (Lipinski definition) is 4. The molecule has 2 aromatic rings. The van der Waals surface area contributed by atoms with Gasteiger partial charge in [-0.25, -0.2) is 4.98 Å². The van der Waals surface area contributed by atoms with Crippen LogP contribution in [0.3, 0.4) is 0 Å². The lowest BCUT2D eigenvalue weighted by Crippen LogP contribution is -2.39. The van der Waals surface area contributed by atoms with Crippen molar-refractivity contribution >= 4 is 18.3 Å². The summed E-state index contributed by atoms with van der Waals surface area (Å²) in [6, 6.07) is 11.4. The Kier molecular flexibility index (Phi) is 5.35. The van der Waals surface area contributed by atoms with Gasteiger partial charge in [0.15, 0.2) is 5.69 Å². The van der Waals surface area contributed by atoms with Gasteiger partial charge in [0.25, 0.3) is 5.91 Å². The number of carbonyl (C=O) groups is 1. The highest BCUT2D eigenvalue weighted by Gasteiger charge is 2.20. The number of amides is 1. The molecule has 0 saturated carbocycles. The first-order chi connectivity index (χ1) is 10.3. The second kappa shape index (κ2) is 7.24. The Balaban J connectivity index is 0.00000176. The fourth-order valence-electron chi connectivity index (χ4n) is 2.63. The number of aromatic nitrogens is 1. The van der Waals surface area contributed by atoms with Gasteiger partial charge in [-0.3, -0.25) is 4.79 Å². The fourth-order valence-corrected chi connectivity index (χ4v) is 2.63. The minimum atomic E-state index is -0.363. The molecule has 1 aromatic carbocycles. The molecule has 5 nitrogen and oxygen atoms in total. The van der Waals surface area contributed by atoms with Gasteiger partial charge in [0, 0.05) is 18.8 Å². The van der Waals surface area contributed by atoms with Gasteiger partial charge in [0.1, 0.15) is 5.75 Å². The molecule has 0 saturated heterocycles. The minimum absolute atomic E-state index is 0. The van der Waals surface area contributed by atoms with E-state index in [9.17, 15) is 9.90 Å². The number of hydrogen-bond donors (Lipinski definition) is 3. The van der Waals surface area contributed by atoms with Crippen molar-refractivity contribution in [3.8, 4) is 5.75 Å². The summed E-state index contributed by atoms with van der Waals surface area (Å²) in [6.07, 6.45) is 2.49. The lowest BCUT2D eigenvalue weighted by atomic mass is 9.94. The molecule has 0 aliphatic carbocycles. The van der Waals surface area contributed by atoms with Gasteiger partial charge in [-0.05, 0) is 36.2 Å². The van der Waals surface area contributed by atoms with Crippen molar-refractivity contribution in [2.45, 2.75) is 12.5 Å². The number of pyridine rings is 1. The summed E-state index contributed by atoms with van der Waals surface area (Å²) in [6.45, 7) is 1.36. The van der Waals surface area contributed by atoms with E-state index >= 15 is 0 Å². The van der Waals surface area contributed by atoms with Crippen LogP contribution in [-0.2, 0) is 6.42 Å². The molecule has 0 bridgehead atoms. The molecule has 0 radical (unpaired) electrons. The van der Waals surface area contributed by atoms with E-state index in [-0.39, 0.29) is 35.8 Å². The molecule has 2 heterocycles. The third-order valence-corrected chi connectivity index (χ3v) is 3.68. The zero-order valence-electron chi connectivity index (χ0n) is 12.0. The molecular weight excluding hydrogens is 302 g/mol. The number of nitrogens with zero attached hydrogens (tertiary/aromatic N) is 1. The van der Waals surface area contributed by atoms with E-state index in [1.807, 2.05) is 12.1 Å². The molecule has 3 rings (SSSR count). The van der Waals surface area contributed by atoms with Crippen molar-refractivity contribution in [2.24, 2.45) is 0 Å². The van der Waals surface area contributed by atoms with E-state index < -0.39 is 0 Å².